The summed E-state index contributed by atoms with van der Waals surface area (Å²) in [5.41, 5.74) is 0.789. The van der Waals surface area contributed by atoms with Crippen molar-refractivity contribution in [2.24, 2.45) is 4.99 Å². The Morgan fingerprint density at radius 1 is 1.08 bits per heavy atom. The molecule has 1 amide bonds. The number of hydrogen-bond donors (Lipinski definition) is 3. The van der Waals surface area contributed by atoms with Crippen LogP contribution in [0.1, 0.15) is 27.7 Å². The molecule has 0 aromatic heterocycles. The number of guanidine groups is 1. The predicted molar refractivity (Wildman–Crippen MR) is 101 cm³/mol. The fourth-order valence-electron chi connectivity index (χ4n) is 2.53. The van der Waals surface area contributed by atoms with Gasteiger partial charge >= 0.3 is 0 Å². The molecule has 1 aromatic rings. The highest BCUT2D eigenvalue weighted by molar-refractivity contribution is 5.94. The standard InChI is InChI=1S/C18H31N5O/c1-14(2)23(15(3)4)12-11-20-18(19-5)21-13-17(24)22-16-9-7-6-8-10-16/h6-10,14-15H,11-13H2,1-5H3,(H,22,24)(H2,19,20,21). The van der Waals surface area contributed by atoms with Gasteiger partial charge in [0.25, 0.3) is 0 Å². The van der Waals surface area contributed by atoms with Gasteiger partial charge in [0, 0.05) is 37.9 Å². The third kappa shape index (κ3) is 7.46. The quantitative estimate of drug-likeness (QED) is 0.502. The summed E-state index contributed by atoms with van der Waals surface area (Å²) in [7, 11) is 1.70. The SMILES string of the molecule is CN=C(NCCN(C(C)C)C(C)C)NCC(=O)Nc1ccccc1. The zero-order chi connectivity index (χ0) is 17.9. The Morgan fingerprint density at radius 3 is 2.25 bits per heavy atom. The van der Waals surface area contributed by atoms with Gasteiger partial charge in [-0.15, -0.1) is 0 Å². The molecule has 0 atom stereocenters. The van der Waals surface area contributed by atoms with Crippen LogP contribution in [-0.4, -0.2) is 55.5 Å². The Morgan fingerprint density at radius 2 is 1.71 bits per heavy atom. The Balaban J connectivity index is 2.33. The number of carbonyl (C=O) groups excluding carboxylic acids is 1. The molecule has 0 unspecified atom stereocenters. The van der Waals surface area contributed by atoms with Crippen molar-refractivity contribution in [2.45, 2.75) is 39.8 Å². The van der Waals surface area contributed by atoms with Gasteiger partial charge in [-0.25, -0.2) is 0 Å². The molecule has 0 aliphatic rings. The Hall–Kier alpha value is -2.08. The summed E-state index contributed by atoms with van der Waals surface area (Å²) in [4.78, 5) is 18.5. The maximum atomic E-state index is 11.9. The van der Waals surface area contributed by atoms with Crippen LogP contribution in [0, 0.1) is 0 Å². The number of hydrogen-bond acceptors (Lipinski definition) is 3. The number of rotatable bonds is 8. The third-order valence-corrected chi connectivity index (χ3v) is 3.69. The molecular weight excluding hydrogens is 302 g/mol. The second-order valence-corrected chi connectivity index (χ2v) is 6.19. The lowest BCUT2D eigenvalue weighted by atomic mass is 10.2. The van der Waals surface area contributed by atoms with Crippen LogP contribution in [0.3, 0.4) is 0 Å². The van der Waals surface area contributed by atoms with Crippen LogP contribution >= 0.6 is 0 Å². The average molecular weight is 333 g/mol. The van der Waals surface area contributed by atoms with Crippen LogP contribution in [0.25, 0.3) is 0 Å². The molecule has 0 radical (unpaired) electrons. The van der Waals surface area contributed by atoms with E-state index in [-0.39, 0.29) is 12.5 Å². The molecule has 0 fully saturated rings. The van der Waals surface area contributed by atoms with Gasteiger partial charge in [-0.2, -0.15) is 0 Å². The van der Waals surface area contributed by atoms with E-state index in [0.717, 1.165) is 18.8 Å². The number of aliphatic imine (C=N–C) groups is 1. The van der Waals surface area contributed by atoms with Crippen molar-refractivity contribution in [3.8, 4) is 0 Å². The molecule has 24 heavy (non-hydrogen) atoms. The number of amides is 1. The molecule has 0 saturated carbocycles. The minimum atomic E-state index is -0.102. The van der Waals surface area contributed by atoms with Crippen LogP contribution in [0.2, 0.25) is 0 Å². The summed E-state index contributed by atoms with van der Waals surface area (Å²) in [6.45, 7) is 10.7. The fourth-order valence-corrected chi connectivity index (χ4v) is 2.53. The summed E-state index contributed by atoms with van der Waals surface area (Å²) >= 11 is 0. The zero-order valence-electron chi connectivity index (χ0n) is 15.5. The maximum absolute atomic E-state index is 11.9. The summed E-state index contributed by atoms with van der Waals surface area (Å²) in [5.74, 6) is 0.529. The van der Waals surface area contributed by atoms with Crippen LogP contribution < -0.4 is 16.0 Å². The van der Waals surface area contributed by atoms with E-state index in [0.29, 0.717) is 18.0 Å². The molecule has 0 saturated heterocycles. The van der Waals surface area contributed by atoms with E-state index in [2.05, 4.69) is 53.5 Å². The maximum Gasteiger partial charge on any atom is 0.243 e. The molecule has 1 aromatic carbocycles. The predicted octanol–water partition coefficient (Wildman–Crippen LogP) is 1.91. The highest BCUT2D eigenvalue weighted by Crippen LogP contribution is 2.04. The molecular formula is C18H31N5O. The van der Waals surface area contributed by atoms with Gasteiger partial charge in [-0.1, -0.05) is 18.2 Å². The summed E-state index contributed by atoms with van der Waals surface area (Å²) in [5, 5.41) is 9.11. The molecule has 0 spiro atoms. The van der Waals surface area contributed by atoms with E-state index in [1.807, 2.05) is 30.3 Å². The minimum Gasteiger partial charge on any atom is -0.355 e. The van der Waals surface area contributed by atoms with Gasteiger partial charge in [0.15, 0.2) is 5.96 Å². The van der Waals surface area contributed by atoms with Crippen molar-refractivity contribution in [1.29, 1.82) is 0 Å². The van der Waals surface area contributed by atoms with Gasteiger partial charge in [-0.3, -0.25) is 14.7 Å². The van der Waals surface area contributed by atoms with Crippen molar-refractivity contribution in [2.75, 3.05) is 32.0 Å². The van der Waals surface area contributed by atoms with Gasteiger partial charge < -0.3 is 16.0 Å². The average Bonchev–Trinajstić information content (AvgIpc) is 2.54. The van der Waals surface area contributed by atoms with E-state index < -0.39 is 0 Å². The molecule has 0 heterocycles. The first-order chi connectivity index (χ1) is 11.4. The summed E-state index contributed by atoms with van der Waals surface area (Å²) < 4.78 is 0. The largest absolute Gasteiger partial charge is 0.355 e. The van der Waals surface area contributed by atoms with Crippen molar-refractivity contribution < 1.29 is 4.79 Å². The Labute approximate surface area is 145 Å². The van der Waals surface area contributed by atoms with E-state index in [1.165, 1.54) is 0 Å². The van der Waals surface area contributed by atoms with Crippen molar-refractivity contribution >= 4 is 17.6 Å². The molecule has 0 aliphatic heterocycles. The summed E-state index contributed by atoms with van der Waals surface area (Å²) in [6.07, 6.45) is 0. The first-order valence-corrected chi connectivity index (χ1v) is 8.49. The number of nitrogens with one attached hydrogen (secondary N) is 3. The second kappa shape index (κ2) is 10.6. The highest BCUT2D eigenvalue weighted by atomic mass is 16.1. The van der Waals surface area contributed by atoms with E-state index in [9.17, 15) is 4.79 Å². The first kappa shape index (κ1) is 20.0. The lowest BCUT2D eigenvalue weighted by Gasteiger charge is -2.30. The van der Waals surface area contributed by atoms with Crippen LogP contribution in [-0.2, 0) is 4.79 Å². The second-order valence-electron chi connectivity index (χ2n) is 6.19. The van der Waals surface area contributed by atoms with Crippen LogP contribution in [0.4, 0.5) is 5.69 Å². The van der Waals surface area contributed by atoms with Gasteiger partial charge in [0.05, 0.1) is 6.54 Å². The van der Waals surface area contributed by atoms with E-state index >= 15 is 0 Å². The third-order valence-electron chi connectivity index (χ3n) is 3.69. The number of benzene rings is 1. The molecule has 0 aliphatic carbocycles. The molecule has 3 N–H and O–H groups in total. The fraction of sp³-hybridized carbons (Fsp3) is 0.556. The number of carbonyl (C=O) groups is 1. The molecule has 134 valence electrons. The topological polar surface area (TPSA) is 68.8 Å². The van der Waals surface area contributed by atoms with Crippen LogP contribution in [0.15, 0.2) is 35.3 Å². The van der Waals surface area contributed by atoms with Gasteiger partial charge in [-0.05, 0) is 39.8 Å². The monoisotopic (exact) mass is 333 g/mol. The normalized spacial score (nSPS) is 11.9. The van der Waals surface area contributed by atoms with Crippen molar-refractivity contribution in [3.63, 3.8) is 0 Å². The smallest absolute Gasteiger partial charge is 0.243 e. The van der Waals surface area contributed by atoms with E-state index in [4.69, 9.17) is 0 Å². The molecule has 6 heteroatoms. The highest BCUT2D eigenvalue weighted by Gasteiger charge is 2.12. The molecule has 0 bridgehead atoms. The number of para-hydroxylation sites is 1. The minimum absolute atomic E-state index is 0.102. The van der Waals surface area contributed by atoms with Crippen LogP contribution in [0.5, 0.6) is 0 Å². The van der Waals surface area contributed by atoms with E-state index in [1.54, 1.807) is 7.05 Å². The Kier molecular flexibility index (Phi) is 8.86. The Bertz CT molecular complexity index is 505. The van der Waals surface area contributed by atoms with Gasteiger partial charge in [0.2, 0.25) is 5.91 Å². The lowest BCUT2D eigenvalue weighted by Crippen LogP contribution is -2.46. The summed E-state index contributed by atoms with van der Waals surface area (Å²) in [6, 6.07) is 10.4. The van der Waals surface area contributed by atoms with Crippen molar-refractivity contribution in [1.82, 2.24) is 15.5 Å². The zero-order valence-corrected chi connectivity index (χ0v) is 15.5. The van der Waals surface area contributed by atoms with Crippen molar-refractivity contribution in [3.05, 3.63) is 30.3 Å². The number of nitrogens with zero attached hydrogens (tertiary/aromatic N) is 2. The molecule has 1 rings (SSSR count). The molecule has 6 nitrogen and oxygen atoms in total. The lowest BCUT2D eigenvalue weighted by molar-refractivity contribution is -0.115. The van der Waals surface area contributed by atoms with Gasteiger partial charge in [0.1, 0.15) is 0 Å². The first-order valence-electron chi connectivity index (χ1n) is 8.49. The number of anilines is 1.